The van der Waals surface area contributed by atoms with Crippen molar-refractivity contribution in [1.82, 2.24) is 4.98 Å². The molecule has 0 unspecified atom stereocenters. The van der Waals surface area contributed by atoms with Crippen LogP contribution in [-0.2, 0) is 24.9 Å². The molecule has 0 amide bonds. The molecule has 53 heavy (non-hydrogen) atoms. The van der Waals surface area contributed by atoms with Crippen LogP contribution in [0.4, 0.5) is 0 Å². The first-order valence-corrected chi connectivity index (χ1v) is 18.5. The summed E-state index contributed by atoms with van der Waals surface area (Å²) >= 11 is 0. The molecule has 0 saturated carbocycles. The number of ketones is 1. The summed E-state index contributed by atoms with van der Waals surface area (Å²) < 4.78 is 6.22. The van der Waals surface area contributed by atoms with Gasteiger partial charge in [0.2, 0.25) is 0 Å². The molecule has 2 aromatic heterocycles. The topological polar surface area (TPSA) is 63.3 Å². The number of rotatable bonds is 7. The number of carbonyl (C=O) groups is 1. The van der Waals surface area contributed by atoms with Gasteiger partial charge < -0.3 is 14.5 Å². The maximum Gasteiger partial charge on any atom is 0.162 e. The molecule has 9 aromatic rings. The second kappa shape index (κ2) is 16.7. The van der Waals surface area contributed by atoms with Gasteiger partial charge in [-0.25, -0.2) is 0 Å². The second-order valence-corrected chi connectivity index (χ2v) is 13.6. The van der Waals surface area contributed by atoms with Crippen molar-refractivity contribution in [3.8, 4) is 0 Å². The molecule has 269 valence electrons. The van der Waals surface area contributed by atoms with Crippen molar-refractivity contribution >= 4 is 81.7 Å². The maximum atomic E-state index is 11.7. The van der Waals surface area contributed by atoms with Crippen molar-refractivity contribution in [1.29, 1.82) is 0 Å². The summed E-state index contributed by atoms with van der Waals surface area (Å²) in [7, 11) is 0. The third-order valence-electron chi connectivity index (χ3n) is 10.5. The van der Waals surface area contributed by atoms with Gasteiger partial charge in [0.05, 0.1) is 12.0 Å². The van der Waals surface area contributed by atoms with Gasteiger partial charge in [-0.3, -0.25) is 4.79 Å². The molecule has 0 saturated heterocycles. The number of hydrogen-bond acceptors (Lipinski definition) is 4. The Bertz CT molecular complexity index is 2660. The molecule has 1 N–H and O–H groups in total. The molecule has 10 bridgehead atoms. The minimum atomic E-state index is 0. The molecule has 0 fully saturated rings. The van der Waals surface area contributed by atoms with Crippen LogP contribution in [0.25, 0.3) is 75.9 Å². The van der Waals surface area contributed by atoms with E-state index in [4.69, 9.17) is 9.40 Å². The van der Waals surface area contributed by atoms with E-state index < -0.39 is 0 Å². The van der Waals surface area contributed by atoms with E-state index in [1.807, 2.05) is 46.0 Å². The molecule has 0 atom stereocenters. The van der Waals surface area contributed by atoms with Gasteiger partial charge in [-0.15, -0.1) is 35.0 Å². The molecule has 5 heteroatoms. The maximum absolute atomic E-state index is 11.7. The smallest absolute Gasteiger partial charge is 0.162 e. The van der Waals surface area contributed by atoms with E-state index >= 15 is 0 Å². The van der Waals surface area contributed by atoms with Crippen LogP contribution in [0.3, 0.4) is 0 Å². The molecule has 0 spiro atoms. The first kappa shape index (κ1) is 37.7. The van der Waals surface area contributed by atoms with E-state index in [-0.39, 0.29) is 43.5 Å². The quantitative estimate of drug-likeness (QED) is 0.0984. The van der Waals surface area contributed by atoms with Crippen molar-refractivity contribution in [2.24, 2.45) is 11.8 Å². The number of nitrogens with zero attached hydrogens (tertiary/aromatic N) is 1. The fourth-order valence-corrected chi connectivity index (χ4v) is 7.29. The Morgan fingerprint density at radius 1 is 0.660 bits per heavy atom. The second-order valence-electron chi connectivity index (χ2n) is 13.6. The van der Waals surface area contributed by atoms with Crippen molar-refractivity contribution in [3.63, 3.8) is 0 Å². The molecule has 1 radical (unpaired) electrons. The van der Waals surface area contributed by atoms with Crippen LogP contribution in [0.15, 0.2) is 138 Å². The number of benzene rings is 5. The number of aliphatic hydroxyl groups excluding tert-OH is 1. The molecule has 4 nitrogen and oxygen atoms in total. The molecule has 2 heterocycles. The fourth-order valence-electron chi connectivity index (χ4n) is 7.29. The van der Waals surface area contributed by atoms with Crippen LogP contribution in [0.1, 0.15) is 53.4 Å². The van der Waals surface area contributed by atoms with Gasteiger partial charge >= 0.3 is 0 Å². The van der Waals surface area contributed by atoms with Crippen molar-refractivity contribution in [2.75, 3.05) is 0 Å². The molecular formula is C48H44IrNO3-. The zero-order chi connectivity index (χ0) is 36.2. The van der Waals surface area contributed by atoms with Crippen LogP contribution >= 0.6 is 0 Å². The average molecular weight is 875 g/mol. The molecule has 0 aliphatic carbocycles. The molecule has 9 rings (SSSR count). The number of fused-ring (bicyclic) bond motifs is 2. The van der Waals surface area contributed by atoms with E-state index in [9.17, 15) is 9.90 Å². The summed E-state index contributed by atoms with van der Waals surface area (Å²) in [5.74, 6) is 0.547. The number of hydrogen-bond donors (Lipinski definition) is 1. The number of aromatic nitrogens is 1. The predicted molar refractivity (Wildman–Crippen MR) is 219 cm³/mol. The minimum absolute atomic E-state index is 0. The van der Waals surface area contributed by atoms with Gasteiger partial charge in [-0.05, 0) is 87.1 Å². The van der Waals surface area contributed by atoms with Gasteiger partial charge in [-0.2, -0.15) is 0 Å². The normalized spacial score (nSPS) is 11.8. The summed E-state index contributed by atoms with van der Waals surface area (Å²) in [5, 5.41) is 22.3. The Morgan fingerprint density at radius 2 is 1.23 bits per heavy atom. The number of furan rings is 1. The zero-order valence-corrected chi connectivity index (χ0v) is 33.0. The molecule has 7 aromatic carbocycles. The third kappa shape index (κ3) is 7.83. The summed E-state index contributed by atoms with van der Waals surface area (Å²) in [6.07, 6.45) is 6.74. The van der Waals surface area contributed by atoms with Gasteiger partial charge in [-0.1, -0.05) is 107 Å². The van der Waals surface area contributed by atoms with E-state index in [0.717, 1.165) is 74.7 Å². The SMILES string of the molecule is CCC(CC)C(=O)/C=C(\O)C(CC)CC.[Ir].[c-]1ccc2cc1c1cc3c(cn1)oc1cccc(c4ccc(cc4)c4cccc(c4)c4cccc2c4)c13. The molecular weight excluding hydrogens is 831 g/mol. The van der Waals surface area contributed by atoms with Crippen molar-refractivity contribution in [3.05, 3.63) is 139 Å². The molecule has 0 aliphatic rings. The number of allylic oxidation sites excluding steroid dienone is 2. The average Bonchev–Trinajstić information content (AvgIpc) is 3.57. The Hall–Kier alpha value is -5.09. The Kier molecular flexibility index (Phi) is 11.9. The summed E-state index contributed by atoms with van der Waals surface area (Å²) in [6, 6.07) is 44.4. The standard InChI is InChI=1S/C35H20NO.C13H24O2.Ir/c1-5-24-17-25(6-1)26-7-2-8-27(18-26)28-9-3-10-29(19-28)32-20-31-34(21-36-32)37-33-12-4-11-30(35(31)33)23-15-13-22(24)14-16-23;1-5-10(6-2)12(14)9-13(15)11(7-3)8-4;/h1-9,11-21H;9-11,14H,5-8H2,1-4H3;/q-1;;/b;12-9-;. The zero-order valence-electron chi connectivity index (χ0n) is 30.7. The molecule has 0 aliphatic heterocycles. The van der Waals surface area contributed by atoms with Gasteiger partial charge in [0.1, 0.15) is 5.58 Å². The van der Waals surface area contributed by atoms with Crippen LogP contribution < -0.4 is 0 Å². The summed E-state index contributed by atoms with van der Waals surface area (Å²) in [6.45, 7) is 8.07. The van der Waals surface area contributed by atoms with Crippen LogP contribution in [-0.4, -0.2) is 15.9 Å². The van der Waals surface area contributed by atoms with Crippen molar-refractivity contribution in [2.45, 2.75) is 53.4 Å². The number of pyridine rings is 1. The predicted octanol–water partition coefficient (Wildman–Crippen LogP) is 13.5. The number of carbonyl (C=O) groups excluding carboxylic acids is 1. The monoisotopic (exact) mass is 875 g/mol. The number of aliphatic hydroxyl groups is 1. The van der Waals surface area contributed by atoms with Gasteiger partial charge in [0.25, 0.3) is 0 Å². The summed E-state index contributed by atoms with van der Waals surface area (Å²) in [4.78, 5) is 16.5. The third-order valence-corrected chi connectivity index (χ3v) is 10.5. The van der Waals surface area contributed by atoms with E-state index in [1.54, 1.807) is 0 Å². The Balaban J connectivity index is 0.000000258. The van der Waals surface area contributed by atoms with Crippen molar-refractivity contribution < 1.29 is 34.4 Å². The van der Waals surface area contributed by atoms with Gasteiger partial charge in [0.15, 0.2) is 11.4 Å². The first-order valence-electron chi connectivity index (χ1n) is 18.5. The van der Waals surface area contributed by atoms with E-state index in [2.05, 4.69) is 109 Å². The minimum Gasteiger partial charge on any atom is -0.512 e. The Labute approximate surface area is 324 Å². The van der Waals surface area contributed by atoms with E-state index in [1.165, 1.54) is 33.0 Å². The van der Waals surface area contributed by atoms with E-state index in [0.29, 0.717) is 0 Å². The van der Waals surface area contributed by atoms with Crippen LogP contribution in [0, 0.1) is 17.9 Å². The largest absolute Gasteiger partial charge is 0.512 e. The van der Waals surface area contributed by atoms with Gasteiger partial charge in [0, 0.05) is 48.8 Å². The first-order chi connectivity index (χ1) is 25.4. The summed E-state index contributed by atoms with van der Waals surface area (Å²) in [5.41, 5.74) is 2.54. The van der Waals surface area contributed by atoms with Crippen LogP contribution in [0.2, 0.25) is 0 Å². The fraction of sp³-hybridized carbons (Fsp3) is 0.208. The van der Waals surface area contributed by atoms with Crippen LogP contribution in [0.5, 0.6) is 0 Å². The Morgan fingerprint density at radius 3 is 1.85 bits per heavy atom.